The summed E-state index contributed by atoms with van der Waals surface area (Å²) in [6.07, 6.45) is 5.97. The summed E-state index contributed by atoms with van der Waals surface area (Å²) in [6.45, 7) is 10.1. The molecule has 0 spiro atoms. The molecule has 0 radical (unpaired) electrons. The molecule has 2 rings (SSSR count). The van der Waals surface area contributed by atoms with Crippen molar-refractivity contribution in [3.63, 3.8) is 0 Å². The van der Waals surface area contributed by atoms with Gasteiger partial charge in [-0.2, -0.15) is 0 Å². The molecule has 7 heteroatoms. The number of rotatable bonds is 15. The molecule has 0 heterocycles. The Labute approximate surface area is 219 Å². The Balaban J connectivity index is 0.00000544. The average Bonchev–Trinajstić information content (AvgIpc) is 2.76. The summed E-state index contributed by atoms with van der Waals surface area (Å²) in [5.74, 6) is 2.04. The van der Waals surface area contributed by atoms with E-state index in [4.69, 9.17) is 25.8 Å². The second-order valence-corrected chi connectivity index (χ2v) is 9.40. The Bertz CT molecular complexity index is 831. The number of ether oxygens (including phenoxy) is 3. The van der Waals surface area contributed by atoms with Crippen LogP contribution in [0.2, 0.25) is 5.02 Å². The van der Waals surface area contributed by atoms with Crippen LogP contribution in [0.25, 0.3) is 0 Å². The number of benzene rings is 2. The molecule has 0 N–H and O–H groups in total. The first-order valence-corrected chi connectivity index (χ1v) is 13.0. The maximum atomic E-state index is 13.3. The third-order valence-electron chi connectivity index (χ3n) is 5.00. The second-order valence-electron chi connectivity index (χ2n) is 7.79. The SMILES string of the molecule is CCCCOc1cc(OCCCC)c(PC(=O)c2c(C)cccc2Cl)c(OCCCC)c1.[H-].[Li+]. The minimum Gasteiger partial charge on any atom is -1.00 e. The summed E-state index contributed by atoms with van der Waals surface area (Å²) in [5.41, 5.74) is 1.42. The summed E-state index contributed by atoms with van der Waals surface area (Å²) in [7, 11) is -0.160. The number of hydrogen-bond donors (Lipinski definition) is 0. The van der Waals surface area contributed by atoms with E-state index >= 15 is 0 Å². The molecule has 0 saturated heterocycles. The van der Waals surface area contributed by atoms with Gasteiger partial charge in [0.15, 0.2) is 5.52 Å². The van der Waals surface area contributed by atoms with Gasteiger partial charge in [0.25, 0.3) is 0 Å². The van der Waals surface area contributed by atoms with Gasteiger partial charge in [0.05, 0.1) is 30.1 Å². The van der Waals surface area contributed by atoms with E-state index in [2.05, 4.69) is 20.8 Å². The molecule has 0 amide bonds. The van der Waals surface area contributed by atoms with Crippen molar-refractivity contribution < 1.29 is 39.3 Å². The molecule has 1 unspecified atom stereocenters. The van der Waals surface area contributed by atoms with Crippen LogP contribution in [0.1, 0.15) is 76.6 Å². The van der Waals surface area contributed by atoms with Gasteiger partial charge in [0.1, 0.15) is 17.2 Å². The monoisotopic (exact) mass is 486 g/mol. The van der Waals surface area contributed by atoms with E-state index in [9.17, 15) is 4.79 Å². The van der Waals surface area contributed by atoms with E-state index in [1.807, 2.05) is 31.2 Å². The van der Waals surface area contributed by atoms with Crippen LogP contribution in [0.15, 0.2) is 30.3 Å². The van der Waals surface area contributed by atoms with Gasteiger partial charge in [-0.3, -0.25) is 4.79 Å². The third-order valence-corrected chi connectivity index (χ3v) is 6.54. The Morgan fingerprint density at radius 1 is 0.909 bits per heavy atom. The summed E-state index contributed by atoms with van der Waals surface area (Å²) >= 11 is 6.37. The van der Waals surface area contributed by atoms with Crippen LogP contribution in [0, 0.1) is 6.92 Å². The second kappa shape index (κ2) is 16.5. The van der Waals surface area contributed by atoms with E-state index in [1.54, 1.807) is 6.07 Å². The Kier molecular flexibility index (Phi) is 14.9. The molecule has 1 atom stereocenters. The van der Waals surface area contributed by atoms with Gasteiger partial charge in [-0.1, -0.05) is 63.8 Å². The molecule has 33 heavy (non-hydrogen) atoms. The Morgan fingerprint density at radius 3 is 1.91 bits per heavy atom. The van der Waals surface area contributed by atoms with Crippen LogP contribution < -0.4 is 38.4 Å². The topological polar surface area (TPSA) is 44.8 Å². The molecule has 0 aromatic heterocycles. The molecule has 0 aliphatic heterocycles. The zero-order chi connectivity index (χ0) is 23.3. The molecule has 0 bridgehead atoms. The fourth-order valence-corrected chi connectivity index (χ4v) is 4.69. The van der Waals surface area contributed by atoms with Crippen molar-refractivity contribution in [2.75, 3.05) is 19.8 Å². The molecule has 0 aliphatic carbocycles. The van der Waals surface area contributed by atoms with E-state index in [1.165, 1.54) is 0 Å². The Morgan fingerprint density at radius 2 is 1.42 bits per heavy atom. The first-order chi connectivity index (χ1) is 15.5. The van der Waals surface area contributed by atoms with E-state index in [0.29, 0.717) is 47.7 Å². The average molecular weight is 487 g/mol. The van der Waals surface area contributed by atoms with Crippen LogP contribution in [0.4, 0.5) is 0 Å². The molecule has 0 fully saturated rings. The van der Waals surface area contributed by atoms with Crippen molar-refractivity contribution in [3.8, 4) is 17.2 Å². The molecule has 2 aromatic rings. The zero-order valence-electron chi connectivity index (χ0n) is 21.8. The van der Waals surface area contributed by atoms with Crippen LogP contribution in [-0.4, -0.2) is 25.3 Å². The van der Waals surface area contributed by atoms with Gasteiger partial charge in [-0.15, -0.1) is 0 Å². The number of halogens is 1. The quantitative estimate of drug-likeness (QED) is 0.212. The molecule has 4 nitrogen and oxygen atoms in total. The van der Waals surface area contributed by atoms with Crippen molar-refractivity contribution in [1.82, 2.24) is 0 Å². The van der Waals surface area contributed by atoms with E-state index in [-0.39, 0.29) is 34.4 Å². The molecule has 0 saturated carbocycles. The minimum absolute atomic E-state index is 0. The molecule has 2 aromatic carbocycles. The zero-order valence-corrected chi connectivity index (χ0v) is 22.5. The first kappa shape index (κ1) is 29.9. The van der Waals surface area contributed by atoms with Gasteiger partial charge < -0.3 is 15.6 Å². The fraction of sp³-hybridized carbons (Fsp3) is 0.500. The predicted molar refractivity (Wildman–Crippen MR) is 137 cm³/mol. The van der Waals surface area contributed by atoms with Crippen molar-refractivity contribution in [3.05, 3.63) is 46.5 Å². The summed E-state index contributed by atoms with van der Waals surface area (Å²) in [5, 5.41) is 1.26. The number of unbranched alkanes of at least 4 members (excludes halogenated alkanes) is 3. The van der Waals surface area contributed by atoms with Crippen molar-refractivity contribution >= 4 is 31.0 Å². The van der Waals surface area contributed by atoms with Crippen LogP contribution >= 0.6 is 20.2 Å². The molecule has 0 aliphatic rings. The van der Waals surface area contributed by atoms with E-state index < -0.39 is 0 Å². The number of hydrogen-bond acceptors (Lipinski definition) is 4. The minimum atomic E-state index is -0.160. The smallest absolute Gasteiger partial charge is 1.00 e. The maximum Gasteiger partial charge on any atom is 1.00 e. The summed E-state index contributed by atoms with van der Waals surface area (Å²) in [4.78, 5) is 13.3. The standard InChI is InChI=1S/C26H36ClO4P.Li.H/c1-5-8-14-29-20-17-22(30-15-9-6-2)25(23(18-20)31-16-10-7-3)32-26(28)24-19(4)12-11-13-21(24)27;;/h11-13,17-18,32H,5-10,14-16H2,1-4H3;;/q;+1;-1. The van der Waals surface area contributed by atoms with Crippen LogP contribution in [0.5, 0.6) is 17.2 Å². The third kappa shape index (κ3) is 9.54. The number of carbonyl (C=O) groups excluding carboxylic acids is 1. The first-order valence-electron chi connectivity index (χ1n) is 11.6. The fourth-order valence-electron chi connectivity index (χ4n) is 3.08. The number of carbonyl (C=O) groups is 1. The Hall–Kier alpha value is -1.17. The van der Waals surface area contributed by atoms with Gasteiger partial charge in [0.2, 0.25) is 0 Å². The molecule has 178 valence electrons. The number of aryl methyl sites for hydroxylation is 1. The van der Waals surface area contributed by atoms with Crippen molar-refractivity contribution in [2.45, 2.75) is 66.2 Å². The largest absolute Gasteiger partial charge is 1.00 e. The van der Waals surface area contributed by atoms with Gasteiger partial charge in [-0.05, 0) is 46.4 Å². The van der Waals surface area contributed by atoms with E-state index in [0.717, 1.165) is 49.4 Å². The molecular formula is C26H37ClLiO4P. The molecular weight excluding hydrogens is 450 g/mol. The van der Waals surface area contributed by atoms with Gasteiger partial charge in [0, 0.05) is 17.7 Å². The van der Waals surface area contributed by atoms with Crippen molar-refractivity contribution in [1.29, 1.82) is 0 Å². The maximum absolute atomic E-state index is 13.3. The summed E-state index contributed by atoms with van der Waals surface area (Å²) < 4.78 is 18.2. The normalized spacial score (nSPS) is 10.8. The summed E-state index contributed by atoms with van der Waals surface area (Å²) in [6, 6.07) is 9.32. The van der Waals surface area contributed by atoms with Crippen LogP contribution in [-0.2, 0) is 0 Å². The predicted octanol–water partition coefficient (Wildman–Crippen LogP) is 4.45. The van der Waals surface area contributed by atoms with Crippen molar-refractivity contribution in [2.24, 2.45) is 0 Å². The van der Waals surface area contributed by atoms with Gasteiger partial charge in [-0.25, -0.2) is 0 Å². The van der Waals surface area contributed by atoms with Crippen LogP contribution in [0.3, 0.4) is 0 Å². The van der Waals surface area contributed by atoms with Gasteiger partial charge >= 0.3 is 18.9 Å².